The van der Waals surface area contributed by atoms with Gasteiger partial charge < -0.3 is 9.84 Å². The topological polar surface area (TPSA) is 85.7 Å². The van der Waals surface area contributed by atoms with E-state index in [0.29, 0.717) is 22.5 Å². The van der Waals surface area contributed by atoms with Gasteiger partial charge >= 0.3 is 19.2 Å². The molecule has 6 nitrogen and oxygen atoms in total. The Morgan fingerprint density at radius 2 is 1.74 bits per heavy atom. The van der Waals surface area contributed by atoms with Gasteiger partial charge in [-0.3, -0.25) is 0 Å². The van der Waals surface area contributed by atoms with E-state index in [9.17, 15) is 18.9 Å². The molecule has 0 aliphatic carbocycles. The second kappa shape index (κ2) is 11.0. The number of nitrogens with zero attached hydrogens (tertiary/aromatic N) is 1. The van der Waals surface area contributed by atoms with Crippen LogP contribution in [0.5, 0.6) is 5.75 Å². The predicted octanol–water partition coefficient (Wildman–Crippen LogP) is 6.28. The van der Waals surface area contributed by atoms with Gasteiger partial charge in [-0.05, 0) is 47.2 Å². The highest BCUT2D eigenvalue weighted by Crippen LogP contribution is 2.46. The van der Waals surface area contributed by atoms with Crippen molar-refractivity contribution in [3.63, 3.8) is 0 Å². The lowest BCUT2D eigenvalue weighted by Crippen LogP contribution is -2.46. The first kappa shape index (κ1) is 26.4. The molecule has 0 bridgehead atoms. The Balaban J connectivity index is 2.28. The first-order chi connectivity index (χ1) is 16.6. The molecule has 1 aromatic heterocycles. The maximum absolute atomic E-state index is 13.7. The van der Waals surface area contributed by atoms with E-state index in [4.69, 9.17) is 14.2 Å². The van der Waals surface area contributed by atoms with Gasteiger partial charge in [-0.15, -0.1) is 4.52 Å². The summed E-state index contributed by atoms with van der Waals surface area (Å²) in [4.78, 5) is 18.2. The summed E-state index contributed by atoms with van der Waals surface area (Å²) in [7, 11) is -1.53. The van der Waals surface area contributed by atoms with Gasteiger partial charge in [0.15, 0.2) is 5.75 Å². The number of benzene rings is 2. The number of hydrogen-bond acceptors (Lipinski definition) is 6. The molecule has 1 heterocycles. The molecule has 0 saturated carbocycles. The normalized spacial score (nSPS) is 14.2. The number of aliphatic hydroxyl groups is 1. The number of ether oxygens (including phenoxy) is 1. The smallest absolute Gasteiger partial charge is 0.420 e. The van der Waals surface area contributed by atoms with Crippen LogP contribution in [0.25, 0.3) is 22.4 Å². The van der Waals surface area contributed by atoms with Crippen LogP contribution in [-0.4, -0.2) is 34.4 Å². The molecule has 2 aromatic carbocycles. The lowest BCUT2D eigenvalue weighted by molar-refractivity contribution is -0.138. The SMILES string of the molecule is C=CC(C(=O)Oc1c(-c2ccc(F)cc2)cc(-c2ccccc2)nc1C(C)C)(C(C)O)[P+](=O)OC. The molecule has 35 heavy (non-hydrogen) atoms. The minimum atomic E-state index is -2.70. The Morgan fingerprint density at radius 1 is 1.11 bits per heavy atom. The van der Waals surface area contributed by atoms with Crippen molar-refractivity contribution in [3.05, 3.63) is 84.8 Å². The summed E-state index contributed by atoms with van der Waals surface area (Å²) in [6, 6.07) is 17.0. The molecule has 8 heteroatoms. The van der Waals surface area contributed by atoms with E-state index in [1.165, 1.54) is 26.2 Å². The summed E-state index contributed by atoms with van der Waals surface area (Å²) < 4.78 is 37.2. The van der Waals surface area contributed by atoms with Gasteiger partial charge in [-0.25, -0.2) is 14.2 Å². The number of carbonyl (C=O) groups is 1. The first-order valence-electron chi connectivity index (χ1n) is 11.1. The fourth-order valence-electron chi connectivity index (χ4n) is 3.70. The second-order valence-electron chi connectivity index (χ2n) is 8.33. The molecule has 0 spiro atoms. The zero-order chi connectivity index (χ0) is 25.8. The Labute approximate surface area is 205 Å². The maximum Gasteiger partial charge on any atom is 0.533 e. The van der Waals surface area contributed by atoms with Crippen molar-refractivity contribution < 1.29 is 28.1 Å². The van der Waals surface area contributed by atoms with E-state index in [1.54, 1.807) is 18.2 Å². The molecule has 0 saturated heterocycles. The van der Waals surface area contributed by atoms with E-state index in [0.717, 1.165) is 11.6 Å². The average molecular weight is 496 g/mol. The van der Waals surface area contributed by atoms with Crippen LogP contribution in [0.2, 0.25) is 0 Å². The van der Waals surface area contributed by atoms with Crippen LogP contribution >= 0.6 is 8.03 Å². The maximum atomic E-state index is 13.7. The quantitative estimate of drug-likeness (QED) is 0.213. The third-order valence-electron chi connectivity index (χ3n) is 5.71. The number of esters is 1. The van der Waals surface area contributed by atoms with Crippen LogP contribution in [0.1, 0.15) is 32.4 Å². The molecular weight excluding hydrogens is 468 g/mol. The largest absolute Gasteiger partial charge is 0.533 e. The van der Waals surface area contributed by atoms with E-state index < -0.39 is 31.1 Å². The third kappa shape index (κ3) is 5.22. The lowest BCUT2D eigenvalue weighted by atomic mass is 9.97. The van der Waals surface area contributed by atoms with Crippen molar-refractivity contribution in [2.45, 2.75) is 37.9 Å². The second-order valence-corrected chi connectivity index (χ2v) is 9.95. The van der Waals surface area contributed by atoms with Crippen LogP contribution in [0, 0.1) is 5.82 Å². The molecule has 1 N–H and O–H groups in total. The summed E-state index contributed by atoms with van der Waals surface area (Å²) in [5, 5.41) is 8.40. The Hall–Kier alpha value is -3.25. The van der Waals surface area contributed by atoms with Gasteiger partial charge in [0.1, 0.15) is 11.9 Å². The molecule has 0 radical (unpaired) electrons. The monoisotopic (exact) mass is 496 g/mol. The Morgan fingerprint density at radius 3 is 2.26 bits per heavy atom. The summed E-state index contributed by atoms with van der Waals surface area (Å²) in [5.74, 6) is -1.46. The Kier molecular flexibility index (Phi) is 8.28. The number of pyridine rings is 1. The van der Waals surface area contributed by atoms with E-state index in [-0.39, 0.29) is 11.7 Å². The summed E-state index contributed by atoms with van der Waals surface area (Å²) in [5.41, 5.74) is 3.04. The predicted molar refractivity (Wildman–Crippen MR) is 134 cm³/mol. The van der Waals surface area contributed by atoms with Gasteiger partial charge in [0, 0.05) is 11.1 Å². The molecule has 3 rings (SSSR count). The number of halogens is 1. The first-order valence-corrected chi connectivity index (χ1v) is 12.2. The van der Waals surface area contributed by atoms with Crippen LogP contribution < -0.4 is 4.74 Å². The van der Waals surface area contributed by atoms with Crippen molar-refractivity contribution in [1.29, 1.82) is 0 Å². The zero-order valence-electron chi connectivity index (χ0n) is 20.1. The van der Waals surface area contributed by atoms with Crippen molar-refractivity contribution in [2.24, 2.45) is 0 Å². The highest BCUT2D eigenvalue weighted by atomic mass is 31.1. The van der Waals surface area contributed by atoms with Crippen molar-refractivity contribution in [2.75, 3.05) is 7.11 Å². The van der Waals surface area contributed by atoms with E-state index in [2.05, 4.69) is 6.58 Å². The van der Waals surface area contributed by atoms with Crippen LogP contribution in [0.15, 0.2) is 73.3 Å². The zero-order valence-corrected chi connectivity index (χ0v) is 21.0. The summed E-state index contributed by atoms with van der Waals surface area (Å²) >= 11 is 0. The average Bonchev–Trinajstić information content (AvgIpc) is 2.85. The fraction of sp³-hybridized carbons (Fsp3) is 0.259. The minimum absolute atomic E-state index is 0.127. The summed E-state index contributed by atoms with van der Waals surface area (Å²) in [6.07, 6.45) is -0.329. The number of carbonyl (C=O) groups excluding carboxylic acids is 1. The van der Waals surface area contributed by atoms with Crippen LogP contribution in [-0.2, 0) is 13.9 Å². The number of aliphatic hydroxyl groups excluding tert-OH is 1. The highest BCUT2D eigenvalue weighted by molar-refractivity contribution is 7.43. The molecule has 0 amide bonds. The Bertz CT molecular complexity index is 1230. The summed E-state index contributed by atoms with van der Waals surface area (Å²) in [6.45, 7) is 8.72. The van der Waals surface area contributed by atoms with Gasteiger partial charge in [-0.2, -0.15) is 0 Å². The van der Waals surface area contributed by atoms with Gasteiger partial charge in [-0.1, -0.05) is 62.9 Å². The number of hydrogen-bond donors (Lipinski definition) is 1. The standard InChI is InChI=1S/C27H28FNO5P/c1-6-27(18(4)30,35(32)33-5)26(31)34-25-22(19-12-14-21(28)15-13-19)16-23(29-24(25)17(2)3)20-10-8-7-9-11-20/h6-18,30H,1H2,2-5H3/q+1. The lowest BCUT2D eigenvalue weighted by Gasteiger charge is -2.23. The van der Waals surface area contributed by atoms with Crippen molar-refractivity contribution >= 4 is 14.0 Å². The van der Waals surface area contributed by atoms with Crippen LogP contribution in [0.4, 0.5) is 4.39 Å². The molecule has 0 aliphatic heterocycles. The number of aromatic nitrogens is 1. The van der Waals surface area contributed by atoms with Gasteiger partial charge in [0.05, 0.1) is 18.5 Å². The molecule has 182 valence electrons. The van der Waals surface area contributed by atoms with Gasteiger partial charge in [0.25, 0.3) is 0 Å². The molecule has 0 fully saturated rings. The molecule has 0 aliphatic rings. The third-order valence-corrected chi connectivity index (χ3v) is 7.38. The van der Waals surface area contributed by atoms with Crippen molar-refractivity contribution in [1.82, 2.24) is 4.98 Å². The molecule has 3 atom stereocenters. The molecular formula is C27H28FNO5P+. The number of rotatable bonds is 9. The molecule has 3 unspecified atom stereocenters. The minimum Gasteiger partial charge on any atom is -0.420 e. The van der Waals surface area contributed by atoms with E-state index >= 15 is 0 Å². The van der Waals surface area contributed by atoms with E-state index in [1.807, 2.05) is 44.2 Å². The van der Waals surface area contributed by atoms with Crippen LogP contribution in [0.3, 0.4) is 0 Å². The van der Waals surface area contributed by atoms with Gasteiger partial charge in [0.2, 0.25) is 0 Å². The highest BCUT2D eigenvalue weighted by Gasteiger charge is 2.61. The fourth-order valence-corrected chi connectivity index (χ4v) is 4.65. The molecule has 3 aromatic rings. The van der Waals surface area contributed by atoms with Crippen molar-refractivity contribution in [3.8, 4) is 28.1 Å².